The molecule has 1 aliphatic rings. The Balaban J connectivity index is 1.53. The van der Waals surface area contributed by atoms with Gasteiger partial charge in [-0.25, -0.2) is 18.6 Å². The van der Waals surface area contributed by atoms with Crippen LogP contribution >= 0.6 is 15.9 Å². The van der Waals surface area contributed by atoms with E-state index in [2.05, 4.69) is 41.2 Å². The molecule has 0 radical (unpaired) electrons. The zero-order chi connectivity index (χ0) is 21.4. The Morgan fingerprint density at radius 1 is 1.27 bits per heavy atom. The minimum absolute atomic E-state index is 0.0694. The Kier molecular flexibility index (Phi) is 5.71. The summed E-state index contributed by atoms with van der Waals surface area (Å²) in [6.07, 6.45) is 4.12. The van der Waals surface area contributed by atoms with Crippen molar-refractivity contribution < 1.29 is 18.3 Å². The zero-order valence-electron chi connectivity index (χ0n) is 16.6. The number of methoxy groups -OCH3 is 1. The molecule has 5 nitrogen and oxygen atoms in total. The first-order valence-electron chi connectivity index (χ1n) is 9.47. The van der Waals surface area contributed by atoms with Gasteiger partial charge in [-0.15, -0.1) is 0 Å². The third-order valence-corrected chi connectivity index (χ3v) is 6.13. The van der Waals surface area contributed by atoms with Crippen LogP contribution in [0.5, 0.6) is 0 Å². The largest absolute Gasteiger partial charge is 0.465 e. The lowest BCUT2D eigenvalue weighted by Gasteiger charge is -2.27. The molecule has 8 heteroatoms. The van der Waals surface area contributed by atoms with Gasteiger partial charge < -0.3 is 9.30 Å². The number of nitrogens with zero attached hydrogens (tertiary/aromatic N) is 3. The maximum Gasteiger partial charge on any atom is 0.338 e. The second-order valence-corrected chi connectivity index (χ2v) is 8.10. The van der Waals surface area contributed by atoms with Crippen molar-refractivity contribution in [1.82, 2.24) is 14.5 Å². The first-order valence-corrected chi connectivity index (χ1v) is 10.3. The summed E-state index contributed by atoms with van der Waals surface area (Å²) in [5.41, 5.74) is 2.42. The minimum atomic E-state index is -0.765. The number of carbonyl (C=O) groups is 1. The number of aryl methyl sites for hydroxylation is 1. The summed E-state index contributed by atoms with van der Waals surface area (Å²) in [5, 5.41) is 1.05. The highest BCUT2D eigenvalue weighted by molar-refractivity contribution is 9.10. The monoisotopic (exact) mass is 475 g/mol. The summed E-state index contributed by atoms with van der Waals surface area (Å²) in [5.74, 6) is -2.27. The van der Waals surface area contributed by atoms with Gasteiger partial charge in [0.15, 0.2) is 0 Å². The molecule has 156 valence electrons. The van der Waals surface area contributed by atoms with Gasteiger partial charge in [0.1, 0.15) is 17.3 Å². The van der Waals surface area contributed by atoms with Crippen molar-refractivity contribution in [2.24, 2.45) is 7.05 Å². The van der Waals surface area contributed by atoms with Crippen molar-refractivity contribution in [3.05, 3.63) is 69.5 Å². The first-order chi connectivity index (χ1) is 14.4. The van der Waals surface area contributed by atoms with Crippen molar-refractivity contribution in [3.63, 3.8) is 0 Å². The van der Waals surface area contributed by atoms with Gasteiger partial charge in [0.2, 0.25) is 0 Å². The van der Waals surface area contributed by atoms with E-state index in [1.165, 1.54) is 7.11 Å². The van der Waals surface area contributed by atoms with E-state index < -0.39 is 17.6 Å². The van der Waals surface area contributed by atoms with Crippen LogP contribution in [0.15, 0.2) is 41.0 Å². The lowest BCUT2D eigenvalue weighted by Crippen LogP contribution is -2.29. The van der Waals surface area contributed by atoms with Crippen LogP contribution in [0.3, 0.4) is 0 Å². The smallest absolute Gasteiger partial charge is 0.338 e. The second kappa shape index (κ2) is 8.28. The molecule has 2 aromatic heterocycles. The molecule has 1 aromatic carbocycles. The molecule has 30 heavy (non-hydrogen) atoms. The summed E-state index contributed by atoms with van der Waals surface area (Å²) < 4.78 is 36.7. The van der Waals surface area contributed by atoms with Gasteiger partial charge in [-0.2, -0.15) is 0 Å². The van der Waals surface area contributed by atoms with Crippen LogP contribution < -0.4 is 0 Å². The fourth-order valence-corrected chi connectivity index (χ4v) is 4.23. The predicted octanol–water partition coefficient (Wildman–Crippen LogP) is 4.69. The van der Waals surface area contributed by atoms with Crippen molar-refractivity contribution in [2.45, 2.75) is 13.0 Å². The van der Waals surface area contributed by atoms with E-state index in [0.29, 0.717) is 31.6 Å². The summed E-state index contributed by atoms with van der Waals surface area (Å²) >= 11 is 3.56. The molecular weight excluding hydrogens is 456 g/mol. The normalized spacial score (nSPS) is 14.8. The second-order valence-electron chi connectivity index (χ2n) is 7.25. The topological polar surface area (TPSA) is 47.4 Å². The molecule has 0 N–H and O–H groups in total. The van der Waals surface area contributed by atoms with Crippen LogP contribution in [0.25, 0.3) is 16.6 Å². The van der Waals surface area contributed by atoms with Gasteiger partial charge in [0.25, 0.3) is 0 Å². The molecule has 4 rings (SSSR count). The number of pyridine rings is 1. The number of halogens is 3. The molecular formula is C22H20BrF2N3O2. The van der Waals surface area contributed by atoms with Gasteiger partial charge in [-0.05, 0) is 52.2 Å². The van der Waals surface area contributed by atoms with Crippen molar-refractivity contribution in [1.29, 1.82) is 0 Å². The van der Waals surface area contributed by atoms with Gasteiger partial charge in [0.05, 0.1) is 12.7 Å². The number of esters is 1. The van der Waals surface area contributed by atoms with E-state index in [0.717, 1.165) is 33.3 Å². The highest BCUT2D eigenvalue weighted by atomic mass is 79.9. The fourth-order valence-electron chi connectivity index (χ4n) is 3.82. The van der Waals surface area contributed by atoms with E-state index in [1.54, 1.807) is 6.20 Å². The van der Waals surface area contributed by atoms with Crippen LogP contribution in [0.2, 0.25) is 0 Å². The molecule has 3 aromatic rings. The number of hydrogen-bond acceptors (Lipinski definition) is 4. The molecule has 0 fully saturated rings. The minimum Gasteiger partial charge on any atom is -0.465 e. The molecule has 0 unspecified atom stereocenters. The van der Waals surface area contributed by atoms with Crippen molar-refractivity contribution in [2.75, 3.05) is 20.2 Å². The maximum absolute atomic E-state index is 14.5. The number of ether oxygens (including phenoxy) is 1. The standard InChI is InChI=1S/C22H20BrF2N3O2/c1-27-15(11-16-17(23)3-6-26-21(16)27)12-28-7-4-13(5-8-28)20-18(24)9-14(10-19(20)25)22(29)30-2/h3-4,6,9-11H,5,7-8,12H2,1-2H3. The summed E-state index contributed by atoms with van der Waals surface area (Å²) in [7, 11) is 3.16. The Labute approximate surface area is 181 Å². The molecule has 0 saturated heterocycles. The van der Waals surface area contributed by atoms with E-state index in [9.17, 15) is 13.6 Å². The third-order valence-electron chi connectivity index (χ3n) is 5.44. The summed E-state index contributed by atoms with van der Waals surface area (Å²) in [6.45, 7) is 1.94. The zero-order valence-corrected chi connectivity index (χ0v) is 18.2. The van der Waals surface area contributed by atoms with Crippen molar-refractivity contribution >= 4 is 38.5 Å². The van der Waals surface area contributed by atoms with Gasteiger partial charge in [-0.3, -0.25) is 4.90 Å². The van der Waals surface area contributed by atoms with Crippen molar-refractivity contribution in [3.8, 4) is 0 Å². The number of benzene rings is 1. The number of carbonyl (C=O) groups excluding carboxylic acids is 1. The highest BCUT2D eigenvalue weighted by Gasteiger charge is 2.22. The van der Waals surface area contributed by atoms with Gasteiger partial charge in [0, 0.05) is 54.0 Å². The van der Waals surface area contributed by atoms with Crippen LogP contribution in [-0.4, -0.2) is 40.6 Å². The summed E-state index contributed by atoms with van der Waals surface area (Å²) in [6, 6.07) is 6.07. The Morgan fingerprint density at radius 2 is 2.00 bits per heavy atom. The Hall–Kier alpha value is -2.58. The van der Waals surface area contributed by atoms with Crippen LogP contribution in [0, 0.1) is 11.6 Å². The molecule has 0 spiro atoms. The van der Waals surface area contributed by atoms with Gasteiger partial charge in [-0.1, -0.05) is 6.08 Å². The number of fused-ring (bicyclic) bond motifs is 1. The van der Waals surface area contributed by atoms with E-state index in [-0.39, 0.29) is 11.1 Å². The van der Waals surface area contributed by atoms with Crippen LogP contribution in [-0.2, 0) is 18.3 Å². The van der Waals surface area contributed by atoms with Crippen LogP contribution in [0.4, 0.5) is 8.78 Å². The molecule has 3 heterocycles. The molecule has 0 amide bonds. The lowest BCUT2D eigenvalue weighted by atomic mass is 9.97. The van der Waals surface area contributed by atoms with E-state index in [4.69, 9.17) is 0 Å². The molecule has 0 bridgehead atoms. The molecule has 1 aliphatic heterocycles. The Morgan fingerprint density at radius 3 is 2.60 bits per heavy atom. The molecule has 0 atom stereocenters. The van der Waals surface area contributed by atoms with Crippen LogP contribution in [0.1, 0.15) is 28.0 Å². The Bertz CT molecular complexity index is 1150. The van der Waals surface area contributed by atoms with Gasteiger partial charge >= 0.3 is 5.97 Å². The first kappa shape index (κ1) is 20.7. The average Bonchev–Trinajstić information content (AvgIpc) is 3.05. The highest BCUT2D eigenvalue weighted by Crippen LogP contribution is 2.30. The predicted molar refractivity (Wildman–Crippen MR) is 114 cm³/mol. The average molecular weight is 476 g/mol. The molecule has 0 aliphatic carbocycles. The van der Waals surface area contributed by atoms with E-state index in [1.807, 2.05) is 19.2 Å². The fraction of sp³-hybridized carbons (Fsp3) is 0.273. The number of hydrogen-bond donors (Lipinski definition) is 0. The lowest BCUT2D eigenvalue weighted by molar-refractivity contribution is 0.0599. The number of rotatable bonds is 4. The quantitative estimate of drug-likeness (QED) is 0.513. The SMILES string of the molecule is COC(=O)c1cc(F)c(C2=CCN(Cc3cc4c(Br)ccnc4n3C)CC2)c(F)c1. The maximum atomic E-state index is 14.5. The summed E-state index contributed by atoms with van der Waals surface area (Å²) in [4.78, 5) is 18.2. The number of aromatic nitrogens is 2. The third kappa shape index (κ3) is 3.77. The molecule has 0 saturated carbocycles. The van der Waals surface area contributed by atoms with E-state index >= 15 is 0 Å².